The second kappa shape index (κ2) is 5.79. The van der Waals surface area contributed by atoms with Crippen LogP contribution < -0.4 is 5.32 Å². The second-order valence-corrected chi connectivity index (χ2v) is 4.80. The molecule has 5 heteroatoms. The number of aryl methyl sites for hydroxylation is 1. The van der Waals surface area contributed by atoms with E-state index in [4.69, 9.17) is 0 Å². The Morgan fingerprint density at radius 1 is 1.20 bits per heavy atom. The first-order valence-electron chi connectivity index (χ1n) is 6.70. The molecule has 0 bridgehead atoms. The molecule has 0 radical (unpaired) electrons. The number of nitrogens with zero attached hydrogens (tertiary/aromatic N) is 4. The molecule has 0 saturated heterocycles. The van der Waals surface area contributed by atoms with Gasteiger partial charge in [0.1, 0.15) is 12.2 Å². The minimum atomic E-state index is 0.812. The third-order valence-electron chi connectivity index (χ3n) is 3.40. The summed E-state index contributed by atoms with van der Waals surface area (Å²) >= 11 is 0. The van der Waals surface area contributed by atoms with Crippen LogP contribution in [0, 0.1) is 0 Å². The van der Waals surface area contributed by atoms with Gasteiger partial charge in [-0.05, 0) is 10.9 Å². The minimum Gasteiger partial charge on any atom is -0.321 e. The summed E-state index contributed by atoms with van der Waals surface area (Å²) in [6.07, 6.45) is 6.43. The number of aromatic nitrogens is 4. The van der Waals surface area contributed by atoms with Gasteiger partial charge in [0.05, 0.1) is 0 Å². The molecule has 0 fully saturated rings. The van der Waals surface area contributed by atoms with Gasteiger partial charge in [0, 0.05) is 44.3 Å². The van der Waals surface area contributed by atoms with Crippen LogP contribution in [0.1, 0.15) is 11.4 Å². The van der Waals surface area contributed by atoms with E-state index in [0.717, 1.165) is 25.3 Å². The standard InChI is InChI=1S/C15H17N5/c1-20-11-18-19-15(20)6-7-16-9-13-10-17-8-12-4-2-3-5-14(12)13/h2-5,8,10-11,16H,6-7,9H2,1H3. The van der Waals surface area contributed by atoms with Gasteiger partial charge in [-0.25, -0.2) is 0 Å². The first-order valence-corrected chi connectivity index (χ1v) is 6.70. The van der Waals surface area contributed by atoms with E-state index >= 15 is 0 Å². The van der Waals surface area contributed by atoms with Crippen LogP contribution >= 0.6 is 0 Å². The lowest BCUT2D eigenvalue weighted by atomic mass is 10.1. The van der Waals surface area contributed by atoms with E-state index in [1.54, 1.807) is 6.33 Å². The van der Waals surface area contributed by atoms with Gasteiger partial charge in [0.15, 0.2) is 0 Å². The Bertz CT molecular complexity index is 699. The monoisotopic (exact) mass is 267 g/mol. The summed E-state index contributed by atoms with van der Waals surface area (Å²) in [6, 6.07) is 8.32. The SMILES string of the molecule is Cn1cnnc1CCNCc1cncc2ccccc12. The molecule has 0 saturated carbocycles. The van der Waals surface area contributed by atoms with E-state index in [1.165, 1.54) is 16.3 Å². The molecule has 0 aliphatic rings. The Balaban J connectivity index is 1.62. The molecule has 0 amide bonds. The summed E-state index contributed by atoms with van der Waals surface area (Å²) in [5.74, 6) is 0.994. The first kappa shape index (κ1) is 12.7. The largest absolute Gasteiger partial charge is 0.321 e. The van der Waals surface area contributed by atoms with Gasteiger partial charge < -0.3 is 9.88 Å². The van der Waals surface area contributed by atoms with Crippen LogP contribution in [-0.2, 0) is 20.0 Å². The first-order chi connectivity index (χ1) is 9.84. The van der Waals surface area contributed by atoms with Crippen molar-refractivity contribution in [2.45, 2.75) is 13.0 Å². The van der Waals surface area contributed by atoms with E-state index in [0.29, 0.717) is 0 Å². The Morgan fingerprint density at radius 3 is 2.95 bits per heavy atom. The molecule has 0 aliphatic heterocycles. The van der Waals surface area contributed by atoms with Crippen LogP contribution in [0.25, 0.3) is 10.8 Å². The minimum absolute atomic E-state index is 0.812. The third-order valence-corrected chi connectivity index (χ3v) is 3.40. The summed E-state index contributed by atoms with van der Waals surface area (Å²) in [5, 5.41) is 13.8. The van der Waals surface area contributed by atoms with Crippen molar-refractivity contribution in [1.82, 2.24) is 25.1 Å². The van der Waals surface area contributed by atoms with E-state index in [2.05, 4.69) is 38.7 Å². The lowest BCUT2D eigenvalue weighted by molar-refractivity contribution is 0.655. The lowest BCUT2D eigenvalue weighted by Gasteiger charge is -2.07. The van der Waals surface area contributed by atoms with E-state index in [-0.39, 0.29) is 0 Å². The zero-order chi connectivity index (χ0) is 13.8. The molecule has 102 valence electrons. The molecule has 0 spiro atoms. The Morgan fingerprint density at radius 2 is 2.10 bits per heavy atom. The molecule has 1 aromatic carbocycles. The van der Waals surface area contributed by atoms with Crippen molar-refractivity contribution >= 4 is 10.8 Å². The zero-order valence-electron chi connectivity index (χ0n) is 11.5. The number of fused-ring (bicyclic) bond motifs is 1. The molecule has 3 rings (SSSR count). The lowest BCUT2D eigenvalue weighted by Crippen LogP contribution is -2.18. The van der Waals surface area contributed by atoms with Gasteiger partial charge in [0.25, 0.3) is 0 Å². The summed E-state index contributed by atoms with van der Waals surface area (Å²) in [5.41, 5.74) is 1.22. The maximum atomic E-state index is 4.29. The van der Waals surface area contributed by atoms with Crippen molar-refractivity contribution in [1.29, 1.82) is 0 Å². The summed E-state index contributed by atoms with van der Waals surface area (Å²) < 4.78 is 1.95. The molecule has 2 aromatic heterocycles. The number of hydrogen-bond donors (Lipinski definition) is 1. The van der Waals surface area contributed by atoms with Gasteiger partial charge in [-0.15, -0.1) is 10.2 Å². The normalized spacial score (nSPS) is 11.1. The fraction of sp³-hybridized carbons (Fsp3) is 0.267. The van der Waals surface area contributed by atoms with Crippen LogP contribution in [-0.4, -0.2) is 26.3 Å². The maximum Gasteiger partial charge on any atom is 0.133 e. The number of hydrogen-bond acceptors (Lipinski definition) is 4. The Labute approximate surface area is 117 Å². The van der Waals surface area contributed by atoms with Gasteiger partial charge in [-0.1, -0.05) is 24.3 Å². The molecule has 1 N–H and O–H groups in total. The molecule has 20 heavy (non-hydrogen) atoms. The van der Waals surface area contributed by atoms with Crippen molar-refractivity contribution in [3.8, 4) is 0 Å². The quantitative estimate of drug-likeness (QED) is 0.715. The highest BCUT2D eigenvalue weighted by molar-refractivity contribution is 5.84. The van der Waals surface area contributed by atoms with E-state index < -0.39 is 0 Å². The molecular weight excluding hydrogens is 250 g/mol. The summed E-state index contributed by atoms with van der Waals surface area (Å²) in [6.45, 7) is 1.68. The average Bonchev–Trinajstić information content (AvgIpc) is 2.89. The fourth-order valence-electron chi connectivity index (χ4n) is 2.28. The fourth-order valence-corrected chi connectivity index (χ4v) is 2.28. The molecule has 0 aliphatic carbocycles. The van der Waals surface area contributed by atoms with Crippen molar-refractivity contribution in [3.05, 3.63) is 54.4 Å². The molecule has 2 heterocycles. The van der Waals surface area contributed by atoms with Gasteiger partial charge >= 0.3 is 0 Å². The van der Waals surface area contributed by atoms with Crippen molar-refractivity contribution in [3.63, 3.8) is 0 Å². The topological polar surface area (TPSA) is 55.6 Å². The Kier molecular flexibility index (Phi) is 3.69. The Hall–Kier alpha value is -2.27. The summed E-state index contributed by atoms with van der Waals surface area (Å²) in [7, 11) is 1.96. The van der Waals surface area contributed by atoms with Crippen LogP contribution in [0.2, 0.25) is 0 Å². The predicted octanol–water partition coefficient (Wildman–Crippen LogP) is 1.70. The average molecular weight is 267 g/mol. The predicted molar refractivity (Wildman–Crippen MR) is 78.2 cm³/mol. The molecule has 0 atom stereocenters. The number of benzene rings is 1. The summed E-state index contributed by atoms with van der Waals surface area (Å²) in [4.78, 5) is 4.29. The smallest absolute Gasteiger partial charge is 0.133 e. The second-order valence-electron chi connectivity index (χ2n) is 4.80. The van der Waals surface area contributed by atoms with Gasteiger partial charge in [0.2, 0.25) is 0 Å². The number of rotatable bonds is 5. The van der Waals surface area contributed by atoms with Crippen molar-refractivity contribution in [2.75, 3.05) is 6.54 Å². The molecule has 3 aromatic rings. The molecule has 0 unspecified atom stereocenters. The van der Waals surface area contributed by atoms with Crippen molar-refractivity contribution < 1.29 is 0 Å². The van der Waals surface area contributed by atoms with Crippen LogP contribution in [0.15, 0.2) is 43.0 Å². The highest BCUT2D eigenvalue weighted by Crippen LogP contribution is 2.16. The third kappa shape index (κ3) is 2.67. The van der Waals surface area contributed by atoms with Crippen LogP contribution in [0.4, 0.5) is 0 Å². The van der Waals surface area contributed by atoms with Crippen LogP contribution in [0.5, 0.6) is 0 Å². The van der Waals surface area contributed by atoms with Crippen LogP contribution in [0.3, 0.4) is 0 Å². The zero-order valence-corrected chi connectivity index (χ0v) is 11.5. The van der Waals surface area contributed by atoms with E-state index in [1.807, 2.05) is 30.1 Å². The highest BCUT2D eigenvalue weighted by Gasteiger charge is 2.02. The maximum absolute atomic E-state index is 4.29. The molecule has 5 nitrogen and oxygen atoms in total. The number of pyridine rings is 1. The molecular formula is C15H17N5. The van der Waals surface area contributed by atoms with Gasteiger partial charge in [-0.3, -0.25) is 4.98 Å². The number of nitrogens with one attached hydrogen (secondary N) is 1. The van der Waals surface area contributed by atoms with E-state index in [9.17, 15) is 0 Å². The van der Waals surface area contributed by atoms with Gasteiger partial charge in [-0.2, -0.15) is 0 Å². The highest BCUT2D eigenvalue weighted by atomic mass is 15.2. The van der Waals surface area contributed by atoms with Crippen molar-refractivity contribution in [2.24, 2.45) is 7.05 Å².